The molecule has 4 heteroatoms. The maximum absolute atomic E-state index is 10.0. The molecule has 0 aromatic heterocycles. The number of hydrogen-bond acceptors (Lipinski definition) is 3. The summed E-state index contributed by atoms with van der Waals surface area (Å²) in [5.41, 5.74) is 1.52. The predicted octanol–water partition coefficient (Wildman–Crippen LogP) is 4.15. The number of aliphatic imine (C=N–C) groups is 1. The van der Waals surface area contributed by atoms with Crippen molar-refractivity contribution in [1.29, 1.82) is 0 Å². The van der Waals surface area contributed by atoms with Crippen LogP contribution in [0.25, 0.3) is 0 Å². The Morgan fingerprint density at radius 3 is 2.74 bits per heavy atom. The average molecular weight is 367 g/mol. The van der Waals surface area contributed by atoms with Crippen molar-refractivity contribution in [1.82, 2.24) is 0 Å². The molecule has 0 radical (unpaired) electrons. The van der Waals surface area contributed by atoms with Crippen LogP contribution in [0, 0.1) is 3.57 Å². The first-order chi connectivity index (χ1) is 9.22. The lowest BCUT2D eigenvalue weighted by atomic mass is 10.2. The van der Waals surface area contributed by atoms with Crippen molar-refractivity contribution >= 4 is 34.5 Å². The van der Waals surface area contributed by atoms with E-state index in [9.17, 15) is 5.11 Å². The summed E-state index contributed by atoms with van der Waals surface area (Å²) in [4.78, 5) is 4.39. The molecule has 0 fully saturated rings. The van der Waals surface area contributed by atoms with E-state index in [4.69, 9.17) is 4.74 Å². The quantitative estimate of drug-likeness (QED) is 0.652. The zero-order chi connectivity index (χ0) is 13.7. The molecule has 19 heavy (non-hydrogen) atoms. The van der Waals surface area contributed by atoms with Crippen LogP contribution in [-0.2, 0) is 0 Å². The number of ether oxygens (including phenoxy) is 1. The average Bonchev–Trinajstić information content (AvgIpc) is 2.42. The number of rotatable bonds is 4. The molecule has 2 aromatic rings. The Kier molecular flexibility index (Phi) is 4.79. The van der Waals surface area contributed by atoms with E-state index < -0.39 is 0 Å². The van der Waals surface area contributed by atoms with Gasteiger partial charge in [-0.2, -0.15) is 0 Å². The zero-order valence-corrected chi connectivity index (χ0v) is 12.7. The van der Waals surface area contributed by atoms with Crippen LogP contribution in [0.1, 0.15) is 12.5 Å². The van der Waals surface area contributed by atoms with Gasteiger partial charge >= 0.3 is 0 Å². The number of phenolic OH excluding ortho intramolecular Hbond substituents is 1. The number of nitrogens with zero attached hydrogens (tertiary/aromatic N) is 1. The molecular weight excluding hydrogens is 353 g/mol. The van der Waals surface area contributed by atoms with Gasteiger partial charge in [0.1, 0.15) is 0 Å². The molecule has 0 bridgehead atoms. The topological polar surface area (TPSA) is 41.8 Å². The van der Waals surface area contributed by atoms with E-state index in [-0.39, 0.29) is 5.75 Å². The second kappa shape index (κ2) is 6.56. The third-order valence-electron chi connectivity index (χ3n) is 2.53. The molecule has 98 valence electrons. The third kappa shape index (κ3) is 3.47. The molecule has 0 atom stereocenters. The number of hydrogen-bond donors (Lipinski definition) is 1. The minimum atomic E-state index is 0.124. The van der Waals surface area contributed by atoms with Crippen LogP contribution < -0.4 is 4.74 Å². The number of phenols is 1. The van der Waals surface area contributed by atoms with Gasteiger partial charge in [0.25, 0.3) is 0 Å². The molecule has 0 spiro atoms. The zero-order valence-electron chi connectivity index (χ0n) is 10.5. The van der Waals surface area contributed by atoms with Crippen LogP contribution in [0.3, 0.4) is 0 Å². The number of aromatic hydroxyl groups is 1. The molecule has 0 heterocycles. The van der Waals surface area contributed by atoms with E-state index in [2.05, 4.69) is 27.6 Å². The van der Waals surface area contributed by atoms with Crippen LogP contribution in [0.2, 0.25) is 0 Å². The van der Waals surface area contributed by atoms with Gasteiger partial charge in [0, 0.05) is 15.3 Å². The first kappa shape index (κ1) is 13.9. The lowest BCUT2D eigenvalue weighted by Crippen LogP contribution is -1.93. The van der Waals surface area contributed by atoms with Gasteiger partial charge in [-0.25, -0.2) is 0 Å². The van der Waals surface area contributed by atoms with Crippen molar-refractivity contribution in [3.63, 3.8) is 0 Å². The largest absolute Gasteiger partial charge is 0.504 e. The molecule has 0 aliphatic heterocycles. The molecule has 0 unspecified atom stereocenters. The summed E-state index contributed by atoms with van der Waals surface area (Å²) in [6.07, 6.45) is 1.65. The van der Waals surface area contributed by atoms with Crippen LogP contribution in [-0.4, -0.2) is 17.9 Å². The van der Waals surface area contributed by atoms with Gasteiger partial charge in [-0.15, -0.1) is 0 Å². The van der Waals surface area contributed by atoms with Gasteiger partial charge in [0.15, 0.2) is 11.5 Å². The fraction of sp³-hybridized carbons (Fsp3) is 0.133. The molecule has 0 aliphatic carbocycles. The summed E-state index contributed by atoms with van der Waals surface area (Å²) in [6.45, 7) is 2.40. The molecule has 2 rings (SSSR count). The van der Waals surface area contributed by atoms with Crippen molar-refractivity contribution in [2.75, 3.05) is 6.61 Å². The van der Waals surface area contributed by atoms with Crippen LogP contribution in [0.4, 0.5) is 5.69 Å². The van der Waals surface area contributed by atoms with Crippen molar-refractivity contribution in [2.24, 2.45) is 4.99 Å². The highest BCUT2D eigenvalue weighted by Crippen LogP contribution is 2.29. The summed E-state index contributed by atoms with van der Waals surface area (Å²) in [7, 11) is 0. The van der Waals surface area contributed by atoms with E-state index in [1.54, 1.807) is 18.3 Å². The standard InChI is InChI=1S/C15H14INO2/c1-2-19-14-9-5-6-11(15(14)18)10-17-13-8-4-3-7-12(13)16/h3-10,18H,2H2,1H3. The van der Waals surface area contributed by atoms with E-state index in [0.29, 0.717) is 17.9 Å². The Hall–Kier alpha value is -1.56. The lowest BCUT2D eigenvalue weighted by molar-refractivity contribution is 0.318. The van der Waals surface area contributed by atoms with E-state index in [0.717, 1.165) is 9.26 Å². The highest BCUT2D eigenvalue weighted by Gasteiger charge is 2.05. The maximum Gasteiger partial charge on any atom is 0.166 e. The maximum atomic E-state index is 10.0. The van der Waals surface area contributed by atoms with Crippen molar-refractivity contribution in [3.05, 3.63) is 51.6 Å². The molecule has 0 saturated carbocycles. The molecular formula is C15H14INO2. The van der Waals surface area contributed by atoms with Crippen molar-refractivity contribution in [2.45, 2.75) is 6.92 Å². The molecule has 2 aromatic carbocycles. The molecule has 1 N–H and O–H groups in total. The Balaban J connectivity index is 2.29. The van der Waals surface area contributed by atoms with E-state index in [1.807, 2.05) is 37.3 Å². The highest BCUT2D eigenvalue weighted by atomic mass is 127. The number of para-hydroxylation sites is 2. The molecule has 0 amide bonds. The summed E-state index contributed by atoms with van der Waals surface area (Å²) in [5, 5.41) is 10.0. The Labute approximate surface area is 126 Å². The Morgan fingerprint density at radius 2 is 2.00 bits per heavy atom. The predicted molar refractivity (Wildman–Crippen MR) is 85.7 cm³/mol. The molecule has 3 nitrogen and oxygen atoms in total. The second-order valence-corrected chi connectivity index (χ2v) is 5.00. The van der Waals surface area contributed by atoms with Gasteiger partial charge in [0.05, 0.1) is 12.3 Å². The monoisotopic (exact) mass is 367 g/mol. The Bertz CT molecular complexity index is 596. The van der Waals surface area contributed by atoms with Gasteiger partial charge in [0.2, 0.25) is 0 Å². The normalized spacial score (nSPS) is 10.8. The lowest BCUT2D eigenvalue weighted by Gasteiger charge is -2.07. The number of benzene rings is 2. The third-order valence-corrected chi connectivity index (χ3v) is 3.44. The molecule has 0 saturated heterocycles. The summed E-state index contributed by atoms with van der Waals surface area (Å²) >= 11 is 2.23. The fourth-order valence-electron chi connectivity index (χ4n) is 1.61. The highest BCUT2D eigenvalue weighted by molar-refractivity contribution is 14.1. The summed E-state index contributed by atoms with van der Waals surface area (Å²) in [5.74, 6) is 0.605. The van der Waals surface area contributed by atoms with Crippen LogP contribution in [0.5, 0.6) is 11.5 Å². The minimum Gasteiger partial charge on any atom is -0.504 e. The first-order valence-corrected chi connectivity index (χ1v) is 7.03. The SMILES string of the molecule is CCOc1cccc(C=Nc2ccccc2I)c1O. The van der Waals surface area contributed by atoms with Gasteiger partial charge in [-0.3, -0.25) is 4.99 Å². The van der Waals surface area contributed by atoms with Gasteiger partial charge < -0.3 is 9.84 Å². The van der Waals surface area contributed by atoms with Gasteiger partial charge in [-0.1, -0.05) is 18.2 Å². The van der Waals surface area contributed by atoms with Crippen LogP contribution >= 0.6 is 22.6 Å². The van der Waals surface area contributed by atoms with E-state index in [1.165, 1.54) is 0 Å². The minimum absolute atomic E-state index is 0.124. The van der Waals surface area contributed by atoms with Gasteiger partial charge in [-0.05, 0) is 53.8 Å². The van der Waals surface area contributed by atoms with Crippen molar-refractivity contribution in [3.8, 4) is 11.5 Å². The first-order valence-electron chi connectivity index (χ1n) is 5.95. The van der Waals surface area contributed by atoms with E-state index >= 15 is 0 Å². The molecule has 0 aliphatic rings. The number of halogens is 1. The van der Waals surface area contributed by atoms with Crippen LogP contribution in [0.15, 0.2) is 47.5 Å². The Morgan fingerprint density at radius 1 is 1.21 bits per heavy atom. The summed E-state index contributed by atoms with van der Waals surface area (Å²) in [6, 6.07) is 13.2. The summed E-state index contributed by atoms with van der Waals surface area (Å²) < 4.78 is 6.41. The van der Waals surface area contributed by atoms with Crippen molar-refractivity contribution < 1.29 is 9.84 Å². The second-order valence-electron chi connectivity index (χ2n) is 3.84. The smallest absolute Gasteiger partial charge is 0.166 e. The fourth-order valence-corrected chi connectivity index (χ4v) is 2.14.